The average molecular weight is 281 g/mol. The van der Waals surface area contributed by atoms with Crippen LogP contribution in [0.5, 0.6) is 0 Å². The van der Waals surface area contributed by atoms with Crippen molar-refractivity contribution in [3.8, 4) is 6.07 Å². The monoisotopic (exact) mass is 280 g/mol. The molecule has 0 fully saturated rings. The number of nitrogens with zero attached hydrogens (tertiary/aromatic N) is 1. The van der Waals surface area contributed by atoms with E-state index in [4.69, 9.17) is 28.5 Å². The Morgan fingerprint density at radius 1 is 1.11 bits per heavy atom. The highest BCUT2D eigenvalue weighted by Crippen LogP contribution is 2.28. The molecule has 0 aliphatic rings. The van der Waals surface area contributed by atoms with Gasteiger partial charge in [0.1, 0.15) is 5.82 Å². The summed E-state index contributed by atoms with van der Waals surface area (Å²) in [6.45, 7) is 0. The molecule has 0 saturated carbocycles. The van der Waals surface area contributed by atoms with Gasteiger partial charge < -0.3 is 5.32 Å². The molecule has 0 spiro atoms. The number of hydrogen-bond donors (Lipinski definition) is 1. The Bertz CT molecular complexity index is 635. The number of rotatable bonds is 2. The van der Waals surface area contributed by atoms with E-state index >= 15 is 0 Å². The SMILES string of the molecule is N#Cc1cc(F)cc(Nc2ccc(Cl)cc2Cl)c1. The molecule has 0 aromatic heterocycles. The van der Waals surface area contributed by atoms with E-state index in [2.05, 4.69) is 5.32 Å². The van der Waals surface area contributed by atoms with Gasteiger partial charge in [0.25, 0.3) is 0 Å². The topological polar surface area (TPSA) is 35.8 Å². The van der Waals surface area contributed by atoms with Crippen molar-refractivity contribution in [3.63, 3.8) is 0 Å². The summed E-state index contributed by atoms with van der Waals surface area (Å²) in [5, 5.41) is 12.6. The molecule has 0 radical (unpaired) electrons. The number of halogens is 3. The van der Waals surface area contributed by atoms with Gasteiger partial charge in [-0.05, 0) is 36.4 Å². The maximum Gasteiger partial charge on any atom is 0.126 e. The maximum atomic E-state index is 13.2. The molecule has 2 rings (SSSR count). The molecular weight excluding hydrogens is 274 g/mol. The zero-order valence-electron chi connectivity index (χ0n) is 9.05. The minimum atomic E-state index is -0.485. The Kier molecular flexibility index (Phi) is 3.71. The van der Waals surface area contributed by atoms with Gasteiger partial charge in [-0.15, -0.1) is 0 Å². The fourth-order valence-corrected chi connectivity index (χ4v) is 1.93. The normalized spacial score (nSPS) is 9.89. The van der Waals surface area contributed by atoms with Crippen LogP contribution in [0.25, 0.3) is 0 Å². The van der Waals surface area contributed by atoms with Crippen LogP contribution in [0.4, 0.5) is 15.8 Å². The van der Waals surface area contributed by atoms with Crippen LogP contribution >= 0.6 is 23.2 Å². The third-order valence-corrected chi connectivity index (χ3v) is 2.78. The zero-order valence-corrected chi connectivity index (χ0v) is 10.6. The van der Waals surface area contributed by atoms with Gasteiger partial charge in [0.15, 0.2) is 0 Å². The number of hydrogen-bond acceptors (Lipinski definition) is 2. The standard InChI is InChI=1S/C13H7Cl2FN2/c14-9-1-2-13(12(15)5-9)18-11-4-8(7-17)3-10(16)6-11/h1-6,18H. The second-order valence-corrected chi connectivity index (χ2v) is 4.43. The van der Waals surface area contributed by atoms with Crippen molar-refractivity contribution >= 4 is 34.6 Å². The van der Waals surface area contributed by atoms with Crippen molar-refractivity contribution in [2.24, 2.45) is 0 Å². The van der Waals surface area contributed by atoms with Gasteiger partial charge in [0.2, 0.25) is 0 Å². The molecule has 0 saturated heterocycles. The van der Waals surface area contributed by atoms with Gasteiger partial charge in [0.05, 0.1) is 22.3 Å². The first-order chi connectivity index (χ1) is 8.58. The molecule has 2 nitrogen and oxygen atoms in total. The smallest absolute Gasteiger partial charge is 0.126 e. The lowest BCUT2D eigenvalue weighted by molar-refractivity contribution is 0.628. The summed E-state index contributed by atoms with van der Waals surface area (Å²) in [5.74, 6) is -0.485. The molecule has 2 aromatic rings. The van der Waals surface area contributed by atoms with Crippen molar-refractivity contribution in [2.45, 2.75) is 0 Å². The zero-order chi connectivity index (χ0) is 13.1. The Morgan fingerprint density at radius 3 is 2.56 bits per heavy atom. The molecule has 0 aliphatic heterocycles. The first-order valence-electron chi connectivity index (χ1n) is 5.01. The summed E-state index contributed by atoms with van der Waals surface area (Å²) in [5.41, 5.74) is 1.29. The maximum absolute atomic E-state index is 13.2. The van der Waals surface area contributed by atoms with Crippen molar-refractivity contribution in [3.05, 3.63) is 57.8 Å². The summed E-state index contributed by atoms with van der Waals surface area (Å²) >= 11 is 11.8. The Balaban J connectivity index is 2.34. The van der Waals surface area contributed by atoms with Crippen LogP contribution in [0.3, 0.4) is 0 Å². The van der Waals surface area contributed by atoms with Gasteiger partial charge in [-0.1, -0.05) is 23.2 Å². The van der Waals surface area contributed by atoms with E-state index in [0.29, 0.717) is 21.4 Å². The highest BCUT2D eigenvalue weighted by Gasteiger charge is 2.04. The molecule has 2 aromatic carbocycles. The molecule has 0 unspecified atom stereocenters. The van der Waals surface area contributed by atoms with Crippen LogP contribution in [0, 0.1) is 17.1 Å². The molecule has 1 N–H and O–H groups in total. The van der Waals surface area contributed by atoms with Crippen molar-refractivity contribution in [2.75, 3.05) is 5.32 Å². The molecular formula is C13H7Cl2FN2. The lowest BCUT2D eigenvalue weighted by Crippen LogP contribution is -1.93. The second-order valence-electron chi connectivity index (χ2n) is 3.59. The fraction of sp³-hybridized carbons (Fsp3) is 0. The van der Waals surface area contributed by atoms with Crippen LogP contribution in [0.15, 0.2) is 36.4 Å². The Hall–Kier alpha value is -1.76. The molecule has 0 atom stereocenters. The largest absolute Gasteiger partial charge is 0.354 e. The number of anilines is 2. The minimum Gasteiger partial charge on any atom is -0.354 e. The van der Waals surface area contributed by atoms with E-state index in [1.54, 1.807) is 18.2 Å². The number of nitriles is 1. The van der Waals surface area contributed by atoms with Crippen LogP contribution in [0.1, 0.15) is 5.56 Å². The third kappa shape index (κ3) is 2.92. The predicted octanol–water partition coefficient (Wildman–Crippen LogP) is 4.75. The van der Waals surface area contributed by atoms with Gasteiger partial charge in [-0.3, -0.25) is 0 Å². The van der Waals surface area contributed by atoms with Gasteiger partial charge >= 0.3 is 0 Å². The lowest BCUT2D eigenvalue weighted by atomic mass is 10.2. The van der Waals surface area contributed by atoms with Crippen molar-refractivity contribution in [1.82, 2.24) is 0 Å². The predicted molar refractivity (Wildman–Crippen MR) is 70.9 cm³/mol. The molecule has 90 valence electrons. The van der Waals surface area contributed by atoms with Crippen LogP contribution in [0.2, 0.25) is 10.0 Å². The molecule has 0 aliphatic carbocycles. The Labute approximate surface area is 114 Å². The number of benzene rings is 2. The molecule has 0 heterocycles. The van der Waals surface area contributed by atoms with Gasteiger partial charge in [0, 0.05) is 10.7 Å². The van der Waals surface area contributed by atoms with Crippen LogP contribution in [-0.2, 0) is 0 Å². The van der Waals surface area contributed by atoms with E-state index in [1.165, 1.54) is 12.1 Å². The molecule has 5 heteroatoms. The van der Waals surface area contributed by atoms with E-state index in [-0.39, 0.29) is 5.56 Å². The summed E-state index contributed by atoms with van der Waals surface area (Å²) in [7, 11) is 0. The summed E-state index contributed by atoms with van der Waals surface area (Å²) < 4.78 is 13.2. The van der Waals surface area contributed by atoms with Crippen LogP contribution < -0.4 is 5.32 Å². The Morgan fingerprint density at radius 2 is 1.89 bits per heavy atom. The third-order valence-electron chi connectivity index (χ3n) is 2.24. The molecule has 0 amide bonds. The van der Waals surface area contributed by atoms with Crippen molar-refractivity contribution < 1.29 is 4.39 Å². The minimum absolute atomic E-state index is 0.239. The van der Waals surface area contributed by atoms with E-state index < -0.39 is 5.82 Å². The highest BCUT2D eigenvalue weighted by atomic mass is 35.5. The van der Waals surface area contributed by atoms with Crippen molar-refractivity contribution in [1.29, 1.82) is 5.26 Å². The second kappa shape index (κ2) is 5.26. The molecule has 18 heavy (non-hydrogen) atoms. The fourth-order valence-electron chi connectivity index (χ4n) is 1.47. The summed E-state index contributed by atoms with van der Waals surface area (Å²) in [6, 6.07) is 10.8. The summed E-state index contributed by atoms with van der Waals surface area (Å²) in [6.07, 6.45) is 0. The highest BCUT2D eigenvalue weighted by molar-refractivity contribution is 6.36. The van der Waals surface area contributed by atoms with E-state index in [0.717, 1.165) is 6.07 Å². The van der Waals surface area contributed by atoms with Gasteiger partial charge in [-0.2, -0.15) is 5.26 Å². The number of nitrogens with one attached hydrogen (secondary N) is 1. The van der Waals surface area contributed by atoms with E-state index in [9.17, 15) is 4.39 Å². The lowest BCUT2D eigenvalue weighted by Gasteiger charge is -2.09. The van der Waals surface area contributed by atoms with Gasteiger partial charge in [-0.25, -0.2) is 4.39 Å². The quantitative estimate of drug-likeness (QED) is 0.862. The van der Waals surface area contributed by atoms with Crippen LogP contribution in [-0.4, -0.2) is 0 Å². The average Bonchev–Trinajstić information content (AvgIpc) is 2.32. The first-order valence-corrected chi connectivity index (χ1v) is 5.77. The summed E-state index contributed by atoms with van der Waals surface area (Å²) in [4.78, 5) is 0. The molecule has 0 bridgehead atoms. The van der Waals surface area contributed by atoms with E-state index in [1.807, 2.05) is 6.07 Å². The first kappa shape index (κ1) is 12.7.